The van der Waals surface area contributed by atoms with Gasteiger partial charge in [-0.25, -0.2) is 4.68 Å². The number of pyridine rings is 1. The molecule has 1 saturated heterocycles. The van der Waals surface area contributed by atoms with Crippen LogP contribution in [0, 0.1) is 0 Å². The van der Waals surface area contributed by atoms with E-state index in [-0.39, 0.29) is 11.5 Å². The van der Waals surface area contributed by atoms with Gasteiger partial charge in [-0.3, -0.25) is 19.5 Å². The first kappa shape index (κ1) is 17.9. The van der Waals surface area contributed by atoms with Crippen LogP contribution < -0.4 is 5.56 Å². The van der Waals surface area contributed by atoms with E-state index >= 15 is 0 Å². The lowest BCUT2D eigenvalue weighted by molar-refractivity contribution is -0.136. The summed E-state index contributed by atoms with van der Waals surface area (Å²) in [7, 11) is 0. The first-order valence-electron chi connectivity index (χ1n) is 9.63. The third-order valence-corrected chi connectivity index (χ3v) is 5.52. The van der Waals surface area contributed by atoms with Gasteiger partial charge in [0.05, 0.1) is 5.69 Å². The Morgan fingerprint density at radius 2 is 2.04 bits per heavy atom. The van der Waals surface area contributed by atoms with Crippen LogP contribution in [0.3, 0.4) is 0 Å². The number of aryl methyl sites for hydroxylation is 2. The average molecular weight is 367 g/mol. The third-order valence-electron chi connectivity index (χ3n) is 5.52. The first-order valence-corrected chi connectivity index (χ1v) is 9.63. The summed E-state index contributed by atoms with van der Waals surface area (Å²) in [6.07, 6.45) is 6.50. The van der Waals surface area contributed by atoms with Gasteiger partial charge in [-0.05, 0) is 43.4 Å². The molecular weight excluding hydrogens is 342 g/mol. The van der Waals surface area contributed by atoms with Crippen LogP contribution >= 0.6 is 0 Å². The minimum atomic E-state index is -0.562. The quantitative estimate of drug-likeness (QED) is 0.807. The molecule has 1 aliphatic carbocycles. The van der Waals surface area contributed by atoms with Crippen LogP contribution in [0.5, 0.6) is 0 Å². The average Bonchev–Trinajstić information content (AvgIpc) is 3.15. The lowest BCUT2D eigenvalue weighted by atomic mass is 10.2. The summed E-state index contributed by atoms with van der Waals surface area (Å²) in [6, 6.07) is 5.11. The van der Waals surface area contributed by atoms with E-state index in [2.05, 4.69) is 21.0 Å². The van der Waals surface area contributed by atoms with E-state index in [9.17, 15) is 9.59 Å². The highest BCUT2D eigenvalue weighted by atomic mass is 16.2. The van der Waals surface area contributed by atoms with Crippen molar-refractivity contribution in [1.82, 2.24) is 24.6 Å². The van der Waals surface area contributed by atoms with E-state index in [1.165, 1.54) is 10.2 Å². The van der Waals surface area contributed by atoms with Gasteiger partial charge in [-0.15, -0.1) is 0 Å². The molecule has 142 valence electrons. The molecule has 3 heterocycles. The Balaban J connectivity index is 1.38. The maximum absolute atomic E-state index is 12.9. The third kappa shape index (κ3) is 3.78. The number of amides is 1. The van der Waals surface area contributed by atoms with Crippen molar-refractivity contribution in [1.29, 1.82) is 0 Å². The van der Waals surface area contributed by atoms with Gasteiger partial charge in [-0.2, -0.15) is 5.10 Å². The molecule has 7 heteroatoms. The lowest BCUT2D eigenvalue weighted by Gasteiger charge is -2.36. The normalized spacial score (nSPS) is 18.3. The molecule has 1 atom stereocenters. The van der Waals surface area contributed by atoms with E-state index in [1.54, 1.807) is 19.2 Å². The summed E-state index contributed by atoms with van der Waals surface area (Å²) in [4.78, 5) is 33.6. The SMILES string of the molecule is CC(C(=O)N1CCN(Cc2cccnc2)CC1)n1nc2c(cc1=O)CCC2. The second-order valence-corrected chi connectivity index (χ2v) is 7.39. The van der Waals surface area contributed by atoms with Crippen molar-refractivity contribution in [3.63, 3.8) is 0 Å². The van der Waals surface area contributed by atoms with Crippen LogP contribution in [-0.2, 0) is 24.2 Å². The van der Waals surface area contributed by atoms with E-state index < -0.39 is 6.04 Å². The van der Waals surface area contributed by atoms with Gasteiger partial charge in [0.1, 0.15) is 6.04 Å². The first-order chi connectivity index (χ1) is 13.1. The second-order valence-electron chi connectivity index (χ2n) is 7.39. The molecule has 7 nitrogen and oxygen atoms in total. The molecule has 1 aliphatic heterocycles. The minimum Gasteiger partial charge on any atom is -0.338 e. The molecule has 1 unspecified atom stereocenters. The lowest BCUT2D eigenvalue weighted by Crippen LogP contribution is -2.50. The molecule has 2 aliphatic rings. The number of nitrogens with zero attached hydrogens (tertiary/aromatic N) is 5. The van der Waals surface area contributed by atoms with Crippen LogP contribution in [0.15, 0.2) is 35.4 Å². The van der Waals surface area contributed by atoms with Crippen molar-refractivity contribution in [3.8, 4) is 0 Å². The predicted octanol–water partition coefficient (Wildman–Crippen LogP) is 1.03. The maximum Gasteiger partial charge on any atom is 0.267 e. The predicted molar refractivity (Wildman–Crippen MR) is 101 cm³/mol. The molecule has 2 aromatic heterocycles. The zero-order valence-corrected chi connectivity index (χ0v) is 15.7. The number of rotatable bonds is 4. The Labute approximate surface area is 158 Å². The Kier molecular flexibility index (Phi) is 5.03. The molecule has 0 spiro atoms. The monoisotopic (exact) mass is 367 g/mol. The highest BCUT2D eigenvalue weighted by molar-refractivity contribution is 5.80. The standard InChI is InChI=1S/C20H25N5O2/c1-15(25-19(26)12-17-5-2-6-18(17)22-25)20(27)24-10-8-23(9-11-24)14-16-4-3-7-21-13-16/h3-4,7,12-13,15H,2,5-6,8-11,14H2,1H3. The second kappa shape index (κ2) is 7.60. The van der Waals surface area contributed by atoms with Crippen molar-refractivity contribution < 1.29 is 4.79 Å². The largest absolute Gasteiger partial charge is 0.338 e. The van der Waals surface area contributed by atoms with Gasteiger partial charge >= 0.3 is 0 Å². The van der Waals surface area contributed by atoms with Gasteiger partial charge in [0, 0.05) is 51.2 Å². The fraction of sp³-hybridized carbons (Fsp3) is 0.500. The van der Waals surface area contributed by atoms with E-state index in [4.69, 9.17) is 0 Å². The molecular formula is C20H25N5O2. The van der Waals surface area contributed by atoms with Crippen LogP contribution in [0.2, 0.25) is 0 Å². The summed E-state index contributed by atoms with van der Waals surface area (Å²) >= 11 is 0. The topological polar surface area (TPSA) is 71.3 Å². The molecule has 2 aromatic rings. The maximum atomic E-state index is 12.9. The highest BCUT2D eigenvalue weighted by Gasteiger charge is 2.28. The van der Waals surface area contributed by atoms with Crippen LogP contribution in [0.25, 0.3) is 0 Å². The Morgan fingerprint density at radius 1 is 1.22 bits per heavy atom. The van der Waals surface area contributed by atoms with Crippen LogP contribution in [0.4, 0.5) is 0 Å². The van der Waals surface area contributed by atoms with Crippen molar-refractivity contribution in [3.05, 3.63) is 57.8 Å². The molecule has 0 N–H and O–H groups in total. The Morgan fingerprint density at radius 3 is 2.78 bits per heavy atom. The summed E-state index contributed by atoms with van der Waals surface area (Å²) < 4.78 is 1.37. The fourth-order valence-electron chi connectivity index (χ4n) is 3.94. The summed E-state index contributed by atoms with van der Waals surface area (Å²) in [5.41, 5.74) is 3.02. The van der Waals surface area contributed by atoms with E-state index in [1.807, 2.05) is 17.2 Å². The van der Waals surface area contributed by atoms with Crippen molar-refractivity contribution in [2.45, 2.75) is 38.8 Å². The van der Waals surface area contributed by atoms with Crippen molar-refractivity contribution >= 4 is 5.91 Å². The molecule has 27 heavy (non-hydrogen) atoms. The Bertz CT molecular complexity index is 872. The zero-order valence-electron chi connectivity index (χ0n) is 15.7. The summed E-state index contributed by atoms with van der Waals surface area (Å²) in [6.45, 7) is 5.60. The number of fused-ring (bicyclic) bond motifs is 1. The summed E-state index contributed by atoms with van der Waals surface area (Å²) in [5, 5.41) is 4.48. The fourth-order valence-corrected chi connectivity index (χ4v) is 3.94. The zero-order chi connectivity index (χ0) is 18.8. The van der Waals surface area contributed by atoms with E-state index in [0.29, 0.717) is 13.1 Å². The number of piperazine rings is 1. The molecule has 0 bridgehead atoms. The van der Waals surface area contributed by atoms with Gasteiger partial charge in [0.25, 0.3) is 5.56 Å². The highest BCUT2D eigenvalue weighted by Crippen LogP contribution is 2.19. The van der Waals surface area contributed by atoms with Crippen molar-refractivity contribution in [2.75, 3.05) is 26.2 Å². The van der Waals surface area contributed by atoms with Gasteiger partial charge in [0.2, 0.25) is 5.91 Å². The van der Waals surface area contributed by atoms with Crippen molar-refractivity contribution in [2.24, 2.45) is 0 Å². The Hall–Kier alpha value is -2.54. The molecule has 0 saturated carbocycles. The molecule has 1 amide bonds. The number of hydrogen-bond acceptors (Lipinski definition) is 5. The van der Waals surface area contributed by atoms with E-state index in [0.717, 1.165) is 50.2 Å². The summed E-state index contributed by atoms with van der Waals surface area (Å²) in [5.74, 6) is -0.0245. The van der Waals surface area contributed by atoms with Gasteiger partial charge < -0.3 is 4.90 Å². The minimum absolute atomic E-state index is 0.0245. The van der Waals surface area contributed by atoms with Gasteiger partial charge in [-0.1, -0.05) is 6.07 Å². The van der Waals surface area contributed by atoms with Gasteiger partial charge in [0.15, 0.2) is 0 Å². The van der Waals surface area contributed by atoms with Crippen LogP contribution in [0.1, 0.15) is 36.2 Å². The smallest absolute Gasteiger partial charge is 0.267 e. The molecule has 0 aromatic carbocycles. The number of carbonyl (C=O) groups is 1. The molecule has 0 radical (unpaired) electrons. The molecule has 4 rings (SSSR count). The number of hydrogen-bond donors (Lipinski definition) is 0. The molecule has 1 fully saturated rings. The van der Waals surface area contributed by atoms with Crippen LogP contribution in [-0.4, -0.2) is 56.7 Å². The number of aromatic nitrogens is 3. The number of carbonyl (C=O) groups excluding carboxylic acids is 1.